The molecule has 0 saturated carbocycles. The van der Waals surface area contributed by atoms with Crippen molar-refractivity contribution in [2.24, 2.45) is 0 Å². The Kier molecular flexibility index (Phi) is 8.98. The van der Waals surface area contributed by atoms with Crippen LogP contribution in [0, 0.1) is 11.6 Å². The van der Waals surface area contributed by atoms with Crippen molar-refractivity contribution in [1.82, 2.24) is 15.0 Å². The molecule has 2 aliphatic rings. The average Bonchev–Trinajstić information content (AvgIpc) is 3.38. The number of nitrogens with one attached hydrogen (secondary N) is 1. The van der Waals surface area contributed by atoms with Gasteiger partial charge in [-0.05, 0) is 42.5 Å². The second-order valence-corrected chi connectivity index (χ2v) is 9.68. The Labute approximate surface area is 255 Å². The van der Waals surface area contributed by atoms with Crippen LogP contribution in [0.3, 0.4) is 0 Å². The molecule has 3 aromatic carbocycles. The van der Waals surface area contributed by atoms with Crippen LogP contribution < -0.4 is 24.4 Å². The van der Waals surface area contributed by atoms with E-state index in [0.29, 0.717) is 54.5 Å². The zero-order valence-corrected chi connectivity index (χ0v) is 23.7. The fraction of sp³-hybridized carbons (Fsp3) is 0.267. The second-order valence-electron chi connectivity index (χ2n) is 9.68. The Morgan fingerprint density at radius 3 is 2.29 bits per heavy atom. The van der Waals surface area contributed by atoms with Crippen LogP contribution in [-0.2, 0) is 14.3 Å². The summed E-state index contributed by atoms with van der Waals surface area (Å²) >= 11 is 0. The summed E-state index contributed by atoms with van der Waals surface area (Å²) in [6, 6.07) is 11.8. The second kappa shape index (κ2) is 13.6. The lowest BCUT2D eigenvalue weighted by atomic mass is 10.2. The van der Waals surface area contributed by atoms with E-state index in [1.165, 1.54) is 47.6 Å². The van der Waals surface area contributed by atoms with E-state index in [9.17, 15) is 14.0 Å². The molecular formula is C30H27F2N5O8. The molecule has 3 heterocycles. The van der Waals surface area contributed by atoms with Crippen LogP contribution in [-0.4, -0.2) is 79.9 Å². The summed E-state index contributed by atoms with van der Waals surface area (Å²) in [5.41, 5.74) is 0.980. The van der Waals surface area contributed by atoms with E-state index in [1.54, 1.807) is 12.1 Å². The molecule has 15 heteroatoms. The fourth-order valence-electron chi connectivity index (χ4n) is 4.56. The van der Waals surface area contributed by atoms with Crippen molar-refractivity contribution in [3.63, 3.8) is 0 Å². The van der Waals surface area contributed by atoms with Crippen molar-refractivity contribution in [3.05, 3.63) is 72.6 Å². The van der Waals surface area contributed by atoms with Gasteiger partial charge >= 0.3 is 12.1 Å². The van der Waals surface area contributed by atoms with Crippen molar-refractivity contribution in [1.29, 1.82) is 0 Å². The van der Waals surface area contributed by atoms with Gasteiger partial charge in [-0.25, -0.2) is 28.3 Å². The molecule has 1 fully saturated rings. The number of carbonyl (C=O) groups is 2. The lowest BCUT2D eigenvalue weighted by Gasteiger charge is -2.18. The van der Waals surface area contributed by atoms with Crippen molar-refractivity contribution in [2.75, 3.05) is 62.9 Å². The minimum absolute atomic E-state index is 0.0521. The van der Waals surface area contributed by atoms with Gasteiger partial charge in [-0.2, -0.15) is 0 Å². The number of hydroxylamine groups is 2. The van der Waals surface area contributed by atoms with Crippen LogP contribution in [0.5, 0.6) is 23.1 Å². The summed E-state index contributed by atoms with van der Waals surface area (Å²) in [5, 5.41) is 3.68. The maximum absolute atomic E-state index is 15.1. The largest absolute Gasteiger partial charge is 0.487 e. The first kappa shape index (κ1) is 29.8. The van der Waals surface area contributed by atoms with Crippen molar-refractivity contribution < 1.29 is 46.9 Å². The number of fused-ring (bicyclic) bond motifs is 2. The zero-order chi connectivity index (χ0) is 31.2. The van der Waals surface area contributed by atoms with Gasteiger partial charge in [-0.15, -0.1) is 5.06 Å². The SMILES string of the molecule is O=C(Nc1ccc(Oc2ncnc3cc4c(cc23)OCCOCCOCCO4)c(F)c1)ON1CCN(c2ccc(F)cc2)C1=O. The van der Waals surface area contributed by atoms with Crippen molar-refractivity contribution >= 4 is 34.4 Å². The number of anilines is 2. The number of ether oxygens (including phenoxy) is 5. The third-order valence-electron chi connectivity index (χ3n) is 6.69. The minimum atomic E-state index is -1.01. The number of carbonyl (C=O) groups excluding carboxylic acids is 2. The molecule has 0 aliphatic carbocycles. The molecule has 3 amide bonds. The lowest BCUT2D eigenvalue weighted by molar-refractivity contribution is -0.0347. The predicted molar refractivity (Wildman–Crippen MR) is 155 cm³/mol. The summed E-state index contributed by atoms with van der Waals surface area (Å²) in [6.45, 7) is 2.47. The standard InChI is InChI=1S/C30H27F2N5O8/c31-19-1-4-21(5-2-19)36-7-8-37(30(36)39)45-29(38)35-20-3-6-25(23(32)15-20)44-28-22-16-26-27(17-24(22)33-18-34-28)43-14-12-41-10-9-40-11-13-42-26/h1-6,15-18H,7-14H2,(H,35,38). The van der Waals surface area contributed by atoms with Gasteiger partial charge in [-0.1, -0.05) is 0 Å². The van der Waals surface area contributed by atoms with Gasteiger partial charge in [0.25, 0.3) is 0 Å². The van der Waals surface area contributed by atoms with E-state index in [1.807, 2.05) is 0 Å². The van der Waals surface area contributed by atoms with Crippen LogP contribution in [0.1, 0.15) is 0 Å². The van der Waals surface area contributed by atoms with Gasteiger partial charge in [-0.3, -0.25) is 10.2 Å². The molecule has 0 radical (unpaired) electrons. The molecule has 45 heavy (non-hydrogen) atoms. The van der Waals surface area contributed by atoms with E-state index in [2.05, 4.69) is 15.3 Å². The molecule has 2 aliphatic heterocycles. The van der Waals surface area contributed by atoms with Crippen LogP contribution in [0.15, 0.2) is 60.9 Å². The van der Waals surface area contributed by atoms with Gasteiger partial charge in [0.05, 0.1) is 43.9 Å². The number of benzene rings is 3. The van der Waals surface area contributed by atoms with E-state index in [-0.39, 0.29) is 43.6 Å². The molecule has 0 unspecified atom stereocenters. The third kappa shape index (κ3) is 7.11. The molecule has 1 aromatic heterocycles. The highest BCUT2D eigenvalue weighted by molar-refractivity contribution is 5.95. The van der Waals surface area contributed by atoms with Crippen LogP contribution in [0.2, 0.25) is 0 Å². The number of rotatable bonds is 5. The maximum atomic E-state index is 15.1. The Morgan fingerprint density at radius 1 is 0.844 bits per heavy atom. The summed E-state index contributed by atoms with van der Waals surface area (Å²) < 4.78 is 56.8. The topological polar surface area (TPSA) is 134 Å². The Hall–Kier alpha value is -5.28. The highest BCUT2D eigenvalue weighted by Gasteiger charge is 2.33. The summed E-state index contributed by atoms with van der Waals surface area (Å²) in [4.78, 5) is 40.0. The Morgan fingerprint density at radius 2 is 1.56 bits per heavy atom. The first-order valence-corrected chi connectivity index (χ1v) is 14.0. The molecule has 0 atom stereocenters. The van der Waals surface area contributed by atoms with Crippen LogP contribution in [0.25, 0.3) is 10.9 Å². The molecule has 0 spiro atoms. The Bertz CT molecular complexity index is 1690. The predicted octanol–water partition coefficient (Wildman–Crippen LogP) is 4.91. The summed E-state index contributed by atoms with van der Waals surface area (Å²) in [5.74, 6) is -0.499. The van der Waals surface area contributed by atoms with E-state index in [0.717, 1.165) is 11.1 Å². The van der Waals surface area contributed by atoms with Crippen LogP contribution >= 0.6 is 0 Å². The number of hydrogen-bond donors (Lipinski definition) is 1. The number of aromatic nitrogens is 2. The highest BCUT2D eigenvalue weighted by atomic mass is 19.1. The molecule has 234 valence electrons. The molecular weight excluding hydrogens is 596 g/mol. The molecule has 6 rings (SSSR count). The first-order valence-electron chi connectivity index (χ1n) is 14.0. The molecule has 4 aromatic rings. The smallest absolute Gasteiger partial charge is 0.436 e. The van der Waals surface area contributed by atoms with Gasteiger partial charge in [0, 0.05) is 30.1 Å². The van der Waals surface area contributed by atoms with Crippen molar-refractivity contribution in [3.8, 4) is 23.1 Å². The number of amides is 3. The lowest BCUT2D eigenvalue weighted by Crippen LogP contribution is -2.35. The number of halogens is 2. The maximum Gasteiger partial charge on any atom is 0.436 e. The molecule has 0 bridgehead atoms. The van der Waals surface area contributed by atoms with Gasteiger partial charge in [0.1, 0.15) is 25.4 Å². The highest BCUT2D eigenvalue weighted by Crippen LogP contribution is 2.37. The molecule has 1 N–H and O–H groups in total. The van der Waals surface area contributed by atoms with Gasteiger partial charge in [0.2, 0.25) is 5.88 Å². The number of urea groups is 1. The first-order chi connectivity index (χ1) is 21.9. The van der Waals surface area contributed by atoms with E-state index in [4.69, 9.17) is 28.5 Å². The van der Waals surface area contributed by atoms with E-state index < -0.39 is 23.8 Å². The number of nitrogens with zero attached hydrogens (tertiary/aromatic N) is 4. The van der Waals surface area contributed by atoms with Crippen LogP contribution in [0.4, 0.5) is 29.7 Å². The number of hydrogen-bond acceptors (Lipinski definition) is 10. The van der Waals surface area contributed by atoms with Gasteiger partial charge in [0.15, 0.2) is 23.1 Å². The summed E-state index contributed by atoms with van der Waals surface area (Å²) in [7, 11) is 0. The molecule has 1 saturated heterocycles. The monoisotopic (exact) mass is 623 g/mol. The van der Waals surface area contributed by atoms with E-state index >= 15 is 4.39 Å². The molecule has 13 nitrogen and oxygen atoms in total. The average molecular weight is 624 g/mol. The normalized spacial score (nSPS) is 15.7. The van der Waals surface area contributed by atoms with Crippen molar-refractivity contribution in [2.45, 2.75) is 0 Å². The quantitative estimate of drug-likeness (QED) is 0.327. The fourth-order valence-corrected chi connectivity index (χ4v) is 4.56. The third-order valence-corrected chi connectivity index (χ3v) is 6.69. The minimum Gasteiger partial charge on any atom is -0.487 e. The van der Waals surface area contributed by atoms with Gasteiger partial charge < -0.3 is 28.5 Å². The summed E-state index contributed by atoms with van der Waals surface area (Å²) in [6.07, 6.45) is 0.269. The Balaban J connectivity index is 1.12. The zero-order valence-electron chi connectivity index (χ0n) is 23.7.